The number of rotatable bonds is 6. The molecule has 1 aliphatic rings. The van der Waals surface area contributed by atoms with Crippen molar-refractivity contribution in [3.63, 3.8) is 0 Å². The van der Waals surface area contributed by atoms with Gasteiger partial charge < -0.3 is 15.3 Å². The highest BCUT2D eigenvalue weighted by Crippen LogP contribution is 2.33. The molecule has 0 saturated heterocycles. The molecule has 0 heterocycles. The highest BCUT2D eigenvalue weighted by molar-refractivity contribution is 4.94. The summed E-state index contributed by atoms with van der Waals surface area (Å²) in [6, 6.07) is 0. The fourth-order valence-electron chi connectivity index (χ4n) is 2.50. The van der Waals surface area contributed by atoms with E-state index < -0.39 is 5.60 Å². The van der Waals surface area contributed by atoms with Crippen molar-refractivity contribution in [1.29, 1.82) is 0 Å². The first kappa shape index (κ1) is 13.9. The second kappa shape index (κ2) is 5.48. The van der Waals surface area contributed by atoms with E-state index in [-0.39, 0.29) is 0 Å². The molecule has 96 valence electrons. The molecule has 3 heteroatoms. The monoisotopic (exact) mass is 228 g/mol. The van der Waals surface area contributed by atoms with Gasteiger partial charge in [-0.1, -0.05) is 19.8 Å². The third-order valence-corrected chi connectivity index (χ3v) is 4.20. The smallest absolute Gasteiger partial charge is 0.0741 e. The van der Waals surface area contributed by atoms with Gasteiger partial charge in [0, 0.05) is 18.6 Å². The van der Waals surface area contributed by atoms with Crippen molar-refractivity contribution in [3.05, 3.63) is 0 Å². The van der Waals surface area contributed by atoms with E-state index in [4.69, 9.17) is 0 Å². The van der Waals surface area contributed by atoms with Crippen LogP contribution in [0.2, 0.25) is 0 Å². The van der Waals surface area contributed by atoms with E-state index in [9.17, 15) is 5.11 Å². The Balaban J connectivity index is 2.40. The lowest BCUT2D eigenvalue weighted by atomic mass is 9.95. The van der Waals surface area contributed by atoms with Gasteiger partial charge in [-0.25, -0.2) is 0 Å². The molecule has 1 atom stereocenters. The Bertz CT molecular complexity index is 208. The van der Waals surface area contributed by atoms with Crippen LogP contribution in [0.3, 0.4) is 0 Å². The maximum atomic E-state index is 9.94. The van der Waals surface area contributed by atoms with Crippen LogP contribution in [0.5, 0.6) is 0 Å². The van der Waals surface area contributed by atoms with Crippen molar-refractivity contribution in [2.24, 2.45) is 0 Å². The Kier molecular flexibility index (Phi) is 4.77. The molecule has 1 aliphatic carbocycles. The lowest BCUT2D eigenvalue weighted by Gasteiger charge is -2.37. The summed E-state index contributed by atoms with van der Waals surface area (Å²) < 4.78 is 0. The van der Waals surface area contributed by atoms with Gasteiger partial charge in [-0.05, 0) is 40.3 Å². The van der Waals surface area contributed by atoms with Gasteiger partial charge in [0.05, 0.1) is 5.60 Å². The van der Waals surface area contributed by atoms with Crippen LogP contribution >= 0.6 is 0 Å². The van der Waals surface area contributed by atoms with Crippen LogP contribution < -0.4 is 5.32 Å². The first-order valence-corrected chi connectivity index (χ1v) is 6.52. The molecular weight excluding hydrogens is 200 g/mol. The summed E-state index contributed by atoms with van der Waals surface area (Å²) in [6.07, 6.45) is 6.03. The number of hydrogen-bond acceptors (Lipinski definition) is 3. The third kappa shape index (κ3) is 3.44. The quantitative estimate of drug-likeness (QED) is 0.725. The minimum atomic E-state index is -0.563. The molecule has 1 fully saturated rings. The van der Waals surface area contributed by atoms with Gasteiger partial charge >= 0.3 is 0 Å². The highest BCUT2D eigenvalue weighted by atomic mass is 16.3. The minimum Gasteiger partial charge on any atom is -0.389 e. The molecular formula is C13H28N2O. The number of nitrogens with one attached hydrogen (secondary N) is 1. The van der Waals surface area contributed by atoms with E-state index in [0.29, 0.717) is 12.1 Å². The molecule has 16 heavy (non-hydrogen) atoms. The summed E-state index contributed by atoms with van der Waals surface area (Å²) in [5, 5.41) is 13.4. The van der Waals surface area contributed by atoms with Crippen LogP contribution in [0, 0.1) is 0 Å². The average Bonchev–Trinajstić information content (AvgIpc) is 2.67. The van der Waals surface area contributed by atoms with E-state index >= 15 is 0 Å². The van der Waals surface area contributed by atoms with E-state index in [1.165, 1.54) is 25.7 Å². The number of likely N-dealkylation sites (N-methyl/N-ethyl adjacent to an activating group) is 1. The molecule has 0 spiro atoms. The number of aliphatic hydroxyl groups is 1. The Labute approximate surface area is 100 Å². The Morgan fingerprint density at radius 2 is 1.88 bits per heavy atom. The molecule has 1 unspecified atom stereocenters. The van der Waals surface area contributed by atoms with E-state index in [1.807, 2.05) is 13.8 Å². The zero-order chi connectivity index (χ0) is 12.2. The van der Waals surface area contributed by atoms with Crippen molar-refractivity contribution in [2.75, 3.05) is 27.2 Å². The Morgan fingerprint density at radius 3 is 2.31 bits per heavy atom. The molecule has 0 aromatic rings. The lowest BCUT2D eigenvalue weighted by Crippen LogP contribution is -2.52. The molecule has 1 saturated carbocycles. The van der Waals surface area contributed by atoms with E-state index in [2.05, 4.69) is 24.3 Å². The van der Waals surface area contributed by atoms with Crippen LogP contribution in [0.25, 0.3) is 0 Å². The molecule has 0 aromatic heterocycles. The summed E-state index contributed by atoms with van der Waals surface area (Å²) in [7, 11) is 4.34. The highest BCUT2D eigenvalue weighted by Gasteiger charge is 2.35. The van der Waals surface area contributed by atoms with Gasteiger partial charge in [-0.3, -0.25) is 0 Å². The van der Waals surface area contributed by atoms with Gasteiger partial charge in [-0.2, -0.15) is 0 Å². The summed E-state index contributed by atoms with van der Waals surface area (Å²) in [4.78, 5) is 2.35. The van der Waals surface area contributed by atoms with Gasteiger partial charge in [0.1, 0.15) is 0 Å². The summed E-state index contributed by atoms with van der Waals surface area (Å²) in [5.41, 5.74) is -0.240. The van der Waals surface area contributed by atoms with Gasteiger partial charge in [0.25, 0.3) is 0 Å². The van der Waals surface area contributed by atoms with Crippen LogP contribution in [0.4, 0.5) is 0 Å². The summed E-state index contributed by atoms with van der Waals surface area (Å²) in [6.45, 7) is 5.62. The van der Waals surface area contributed by atoms with Crippen LogP contribution in [0.15, 0.2) is 0 Å². The average molecular weight is 228 g/mol. The van der Waals surface area contributed by atoms with Gasteiger partial charge in [-0.15, -0.1) is 0 Å². The second-order valence-corrected chi connectivity index (χ2v) is 5.78. The summed E-state index contributed by atoms with van der Waals surface area (Å²) in [5.74, 6) is 0. The molecule has 0 aromatic carbocycles. The molecule has 0 aliphatic heterocycles. The predicted molar refractivity (Wildman–Crippen MR) is 68.7 cm³/mol. The zero-order valence-corrected chi connectivity index (χ0v) is 11.3. The van der Waals surface area contributed by atoms with Crippen LogP contribution in [-0.2, 0) is 0 Å². The number of nitrogens with zero attached hydrogens (tertiary/aromatic N) is 1. The normalized spacial score (nSPS) is 23.6. The summed E-state index contributed by atoms with van der Waals surface area (Å²) >= 11 is 0. The maximum absolute atomic E-state index is 9.94. The largest absolute Gasteiger partial charge is 0.389 e. The van der Waals surface area contributed by atoms with E-state index in [1.54, 1.807) is 0 Å². The molecule has 1 rings (SSSR count). The Hall–Kier alpha value is -0.120. The van der Waals surface area contributed by atoms with Crippen molar-refractivity contribution in [1.82, 2.24) is 10.2 Å². The fraction of sp³-hybridized carbons (Fsp3) is 1.00. The molecule has 0 radical (unpaired) electrons. The molecule has 0 amide bonds. The number of hydrogen-bond donors (Lipinski definition) is 2. The fourth-order valence-corrected chi connectivity index (χ4v) is 2.50. The first-order chi connectivity index (χ1) is 7.42. The molecule has 2 N–H and O–H groups in total. The van der Waals surface area contributed by atoms with Gasteiger partial charge in [0.15, 0.2) is 0 Å². The van der Waals surface area contributed by atoms with E-state index in [0.717, 1.165) is 13.0 Å². The first-order valence-electron chi connectivity index (χ1n) is 6.52. The van der Waals surface area contributed by atoms with Crippen molar-refractivity contribution >= 4 is 0 Å². The van der Waals surface area contributed by atoms with Crippen LogP contribution in [-0.4, -0.2) is 48.3 Å². The van der Waals surface area contributed by atoms with Crippen molar-refractivity contribution in [2.45, 2.75) is 57.1 Å². The molecule has 3 nitrogen and oxygen atoms in total. The van der Waals surface area contributed by atoms with Crippen molar-refractivity contribution < 1.29 is 5.11 Å². The Morgan fingerprint density at radius 1 is 1.31 bits per heavy atom. The maximum Gasteiger partial charge on any atom is 0.0741 e. The van der Waals surface area contributed by atoms with Gasteiger partial charge in [0.2, 0.25) is 0 Å². The zero-order valence-electron chi connectivity index (χ0n) is 11.3. The second-order valence-electron chi connectivity index (χ2n) is 5.78. The topological polar surface area (TPSA) is 35.5 Å². The van der Waals surface area contributed by atoms with Crippen LogP contribution in [0.1, 0.15) is 46.0 Å². The van der Waals surface area contributed by atoms with Crippen molar-refractivity contribution in [3.8, 4) is 0 Å². The lowest BCUT2D eigenvalue weighted by molar-refractivity contribution is 0.0496. The SMILES string of the molecule is CCC(C)(O)CNCC1(N(C)C)CCCC1. The third-order valence-electron chi connectivity index (χ3n) is 4.20. The standard InChI is InChI=1S/C13H28N2O/c1-5-12(2,16)10-14-11-13(15(3)4)8-6-7-9-13/h14,16H,5-11H2,1-4H3. The molecule has 0 bridgehead atoms. The minimum absolute atomic E-state index is 0.323. The predicted octanol–water partition coefficient (Wildman–Crippen LogP) is 1.61.